The number of thiophene rings is 1. The van der Waals surface area contributed by atoms with Gasteiger partial charge in [-0.25, -0.2) is 0 Å². The molecular weight excluding hydrogens is 671 g/mol. The van der Waals surface area contributed by atoms with Gasteiger partial charge in [-0.1, -0.05) is 141 Å². The third-order valence-corrected chi connectivity index (χ3v) is 13.6. The molecule has 0 unspecified atom stereocenters. The standard InChI is InChI=1S/C52H39NS/c1-51(2)44-19-9-11-21-46(44)52(47-22-12-10-20-45(47)51)43-18-8-6-16-39(43)40-30-28-38(33-48(40)52)53(36-26-24-35(25-27-36)34-14-4-3-5-15-34)37-29-31-50-42(32-37)41-17-7-13-23-49(41)54-50/h3-7,9-17,19-33H,8,18H2,1-2H3. The summed E-state index contributed by atoms with van der Waals surface area (Å²) in [5.41, 5.74) is 16.8. The minimum absolute atomic E-state index is 0.116. The van der Waals surface area contributed by atoms with Crippen LogP contribution in [-0.2, 0) is 10.8 Å². The number of hydrogen-bond donors (Lipinski definition) is 0. The zero-order chi connectivity index (χ0) is 36.0. The lowest BCUT2D eigenvalue weighted by Crippen LogP contribution is -2.41. The SMILES string of the molecule is CC1(C)c2ccccc2C2(C3=C(C=CCC3)c3ccc(N(c4ccc(-c5ccccc5)cc4)c4ccc5sc6ccccc6c5c4)cc32)c2ccccc21. The van der Waals surface area contributed by atoms with Crippen LogP contribution >= 0.6 is 11.3 Å². The van der Waals surface area contributed by atoms with Crippen molar-refractivity contribution in [1.29, 1.82) is 0 Å². The Morgan fingerprint density at radius 2 is 1.09 bits per heavy atom. The lowest BCUT2D eigenvalue weighted by Gasteiger charge is -2.48. The van der Waals surface area contributed by atoms with Gasteiger partial charge in [-0.2, -0.15) is 0 Å². The van der Waals surface area contributed by atoms with E-state index in [1.54, 1.807) is 0 Å². The second-order valence-electron chi connectivity index (χ2n) is 15.6. The van der Waals surface area contributed by atoms with Gasteiger partial charge in [0.2, 0.25) is 0 Å². The number of benzene rings is 7. The second kappa shape index (κ2) is 11.8. The molecule has 54 heavy (non-hydrogen) atoms. The maximum atomic E-state index is 2.54. The molecule has 0 aliphatic heterocycles. The molecule has 3 aliphatic rings. The molecule has 1 spiro atoms. The summed E-state index contributed by atoms with van der Waals surface area (Å²) in [6, 6.07) is 61.5. The number of rotatable bonds is 4. The number of anilines is 3. The van der Waals surface area contributed by atoms with E-state index >= 15 is 0 Å². The van der Waals surface area contributed by atoms with Gasteiger partial charge in [-0.15, -0.1) is 11.3 Å². The van der Waals surface area contributed by atoms with E-state index in [0.29, 0.717) is 0 Å². The van der Waals surface area contributed by atoms with Gasteiger partial charge in [0.1, 0.15) is 0 Å². The molecular formula is C52H39NS. The van der Waals surface area contributed by atoms with Crippen molar-refractivity contribution in [2.24, 2.45) is 0 Å². The molecule has 8 aromatic rings. The largest absolute Gasteiger partial charge is 0.310 e. The topological polar surface area (TPSA) is 3.24 Å². The van der Waals surface area contributed by atoms with E-state index in [9.17, 15) is 0 Å². The highest BCUT2D eigenvalue weighted by molar-refractivity contribution is 7.25. The molecule has 0 bridgehead atoms. The maximum absolute atomic E-state index is 2.54. The van der Waals surface area contributed by atoms with Crippen LogP contribution in [0, 0.1) is 0 Å². The number of nitrogens with zero attached hydrogens (tertiary/aromatic N) is 1. The molecule has 0 atom stereocenters. The minimum atomic E-state index is -0.371. The third-order valence-electron chi connectivity index (χ3n) is 12.4. The Bertz CT molecular complexity index is 2800. The van der Waals surface area contributed by atoms with E-state index in [-0.39, 0.29) is 10.8 Å². The van der Waals surface area contributed by atoms with Gasteiger partial charge in [0.25, 0.3) is 0 Å². The van der Waals surface area contributed by atoms with E-state index in [4.69, 9.17) is 0 Å². The van der Waals surface area contributed by atoms with Crippen molar-refractivity contribution in [2.45, 2.75) is 37.5 Å². The smallest absolute Gasteiger partial charge is 0.0683 e. The van der Waals surface area contributed by atoms with Crippen LogP contribution in [0.2, 0.25) is 0 Å². The van der Waals surface area contributed by atoms with E-state index < -0.39 is 0 Å². The minimum Gasteiger partial charge on any atom is -0.310 e. The highest BCUT2D eigenvalue weighted by Crippen LogP contribution is 2.63. The van der Waals surface area contributed by atoms with E-state index in [0.717, 1.165) is 24.2 Å². The lowest BCUT2D eigenvalue weighted by atomic mass is 9.54. The van der Waals surface area contributed by atoms with Crippen LogP contribution < -0.4 is 4.90 Å². The van der Waals surface area contributed by atoms with Gasteiger partial charge >= 0.3 is 0 Å². The molecule has 2 heteroatoms. The predicted octanol–water partition coefficient (Wildman–Crippen LogP) is 14.3. The van der Waals surface area contributed by atoms with Gasteiger partial charge < -0.3 is 4.90 Å². The Kier molecular flexibility index (Phi) is 6.88. The van der Waals surface area contributed by atoms with Gasteiger partial charge in [0.15, 0.2) is 0 Å². The molecule has 11 rings (SSSR count). The van der Waals surface area contributed by atoms with Crippen molar-refractivity contribution >= 4 is 54.1 Å². The Labute approximate surface area is 321 Å². The average Bonchev–Trinajstić information content (AvgIpc) is 3.74. The first-order chi connectivity index (χ1) is 26.5. The number of allylic oxidation sites excluding steroid dienone is 4. The Morgan fingerprint density at radius 3 is 1.85 bits per heavy atom. The summed E-state index contributed by atoms with van der Waals surface area (Å²) < 4.78 is 2.64. The summed E-state index contributed by atoms with van der Waals surface area (Å²) in [6.45, 7) is 4.82. The van der Waals surface area contributed by atoms with Gasteiger partial charge in [0, 0.05) is 42.6 Å². The van der Waals surface area contributed by atoms with Crippen LogP contribution in [0.5, 0.6) is 0 Å². The summed E-state index contributed by atoms with van der Waals surface area (Å²) in [7, 11) is 0. The van der Waals surface area contributed by atoms with Crippen LogP contribution in [-0.4, -0.2) is 0 Å². The highest BCUT2D eigenvalue weighted by atomic mass is 32.1. The Hall–Kier alpha value is -5.96. The third kappa shape index (κ3) is 4.38. The molecule has 1 heterocycles. The first kappa shape index (κ1) is 31.6. The highest BCUT2D eigenvalue weighted by Gasteiger charge is 2.54. The van der Waals surface area contributed by atoms with Crippen molar-refractivity contribution in [1.82, 2.24) is 0 Å². The summed E-state index contributed by atoms with van der Waals surface area (Å²) in [4.78, 5) is 2.48. The zero-order valence-corrected chi connectivity index (χ0v) is 31.3. The van der Waals surface area contributed by atoms with Gasteiger partial charge in [-0.05, 0) is 117 Å². The Morgan fingerprint density at radius 1 is 0.500 bits per heavy atom. The van der Waals surface area contributed by atoms with E-state index in [1.165, 1.54) is 81.5 Å². The quantitative estimate of drug-likeness (QED) is 0.176. The van der Waals surface area contributed by atoms with Gasteiger partial charge in [-0.3, -0.25) is 0 Å². The molecule has 258 valence electrons. The molecule has 0 radical (unpaired) electrons. The molecule has 0 fully saturated rings. The molecule has 0 saturated heterocycles. The lowest BCUT2D eigenvalue weighted by molar-refractivity contribution is 0.550. The summed E-state index contributed by atoms with van der Waals surface area (Å²) in [5.74, 6) is 0. The average molecular weight is 710 g/mol. The Balaban J connectivity index is 1.17. The fraction of sp³-hybridized carbons (Fsp3) is 0.115. The maximum Gasteiger partial charge on any atom is 0.0683 e. The van der Waals surface area contributed by atoms with Crippen molar-refractivity contribution in [3.63, 3.8) is 0 Å². The fourth-order valence-electron chi connectivity index (χ4n) is 10.0. The fourth-order valence-corrected chi connectivity index (χ4v) is 11.1. The number of hydrogen-bond acceptors (Lipinski definition) is 2. The van der Waals surface area contributed by atoms with Crippen LogP contribution in [0.1, 0.15) is 60.1 Å². The summed E-state index contributed by atoms with van der Waals surface area (Å²) >= 11 is 1.87. The molecule has 1 nitrogen and oxygen atoms in total. The van der Waals surface area contributed by atoms with Crippen LogP contribution in [0.25, 0.3) is 36.9 Å². The first-order valence-electron chi connectivity index (χ1n) is 19.2. The first-order valence-corrected chi connectivity index (χ1v) is 20.0. The molecule has 3 aliphatic carbocycles. The molecule has 0 N–H and O–H groups in total. The van der Waals surface area contributed by atoms with E-state index in [2.05, 4.69) is 195 Å². The van der Waals surface area contributed by atoms with E-state index in [1.807, 2.05) is 11.3 Å². The van der Waals surface area contributed by atoms with Crippen molar-refractivity contribution in [3.8, 4) is 11.1 Å². The van der Waals surface area contributed by atoms with Crippen molar-refractivity contribution in [2.75, 3.05) is 4.90 Å². The van der Waals surface area contributed by atoms with Crippen molar-refractivity contribution in [3.05, 3.63) is 215 Å². The molecule has 0 amide bonds. The normalized spacial score (nSPS) is 16.0. The zero-order valence-electron chi connectivity index (χ0n) is 30.5. The van der Waals surface area contributed by atoms with Crippen molar-refractivity contribution < 1.29 is 0 Å². The predicted molar refractivity (Wildman–Crippen MR) is 230 cm³/mol. The summed E-state index contributed by atoms with van der Waals surface area (Å²) in [5, 5.41) is 2.62. The van der Waals surface area contributed by atoms with Crippen LogP contribution in [0.15, 0.2) is 182 Å². The molecule has 0 saturated carbocycles. The van der Waals surface area contributed by atoms with Crippen LogP contribution in [0.4, 0.5) is 17.1 Å². The molecule has 1 aromatic heterocycles. The molecule has 7 aromatic carbocycles. The second-order valence-corrected chi connectivity index (χ2v) is 16.6. The summed E-state index contributed by atoms with van der Waals surface area (Å²) in [6.07, 6.45) is 6.89. The van der Waals surface area contributed by atoms with Crippen LogP contribution in [0.3, 0.4) is 0 Å². The number of fused-ring (bicyclic) bond motifs is 11. The van der Waals surface area contributed by atoms with Gasteiger partial charge in [0.05, 0.1) is 5.41 Å². The monoisotopic (exact) mass is 709 g/mol.